The average molecular weight is 367 g/mol. The van der Waals surface area contributed by atoms with Crippen molar-refractivity contribution in [2.75, 3.05) is 9.91 Å². The van der Waals surface area contributed by atoms with Gasteiger partial charge in [0.1, 0.15) is 0 Å². The Morgan fingerprint density at radius 3 is 2.46 bits per heavy atom. The number of carbonyl (C=O) groups excluding carboxylic acids is 2. The van der Waals surface area contributed by atoms with Crippen molar-refractivity contribution in [2.45, 2.75) is 31.3 Å². The van der Waals surface area contributed by atoms with Crippen molar-refractivity contribution < 1.29 is 9.59 Å². The Bertz CT molecular complexity index is 957. The van der Waals surface area contributed by atoms with E-state index in [0.717, 1.165) is 19.3 Å². The maximum absolute atomic E-state index is 13.1. The van der Waals surface area contributed by atoms with E-state index in [1.807, 2.05) is 18.2 Å². The zero-order valence-corrected chi connectivity index (χ0v) is 14.6. The van der Waals surface area contributed by atoms with Gasteiger partial charge < -0.3 is 0 Å². The largest absolute Gasteiger partial charge is 0.271 e. The predicted molar refractivity (Wildman–Crippen MR) is 97.3 cm³/mol. The van der Waals surface area contributed by atoms with Crippen molar-refractivity contribution in [2.24, 2.45) is 10.3 Å². The van der Waals surface area contributed by atoms with Crippen molar-refractivity contribution in [1.29, 1.82) is 0 Å². The summed E-state index contributed by atoms with van der Waals surface area (Å²) in [6.07, 6.45) is 3.16. The number of aryl methyl sites for hydroxylation is 2. The summed E-state index contributed by atoms with van der Waals surface area (Å²) < 4.78 is 0. The number of amides is 2. The predicted octanol–water partition coefficient (Wildman–Crippen LogP) is 3.33. The van der Waals surface area contributed by atoms with Gasteiger partial charge in [-0.05, 0) is 66.8 Å². The molecule has 6 nitrogen and oxygen atoms in total. The number of nitrogens with zero attached hydrogens (tertiary/aromatic N) is 4. The summed E-state index contributed by atoms with van der Waals surface area (Å²) in [7, 11) is 0. The van der Waals surface area contributed by atoms with Gasteiger partial charge in [-0.3, -0.25) is 9.59 Å². The monoisotopic (exact) mass is 366 g/mol. The number of hydrogen-bond donors (Lipinski definition) is 0. The Morgan fingerprint density at radius 1 is 0.923 bits per heavy atom. The quantitative estimate of drug-likeness (QED) is 0.766. The molecule has 1 fully saturated rings. The lowest BCUT2D eigenvalue weighted by Crippen LogP contribution is -2.39. The fraction of sp³-hybridized carbons (Fsp3) is 0.263. The molecule has 2 atom stereocenters. The molecular weight excluding hydrogens is 352 g/mol. The van der Waals surface area contributed by atoms with Crippen LogP contribution in [-0.2, 0) is 22.4 Å². The lowest BCUT2D eigenvalue weighted by atomic mass is 10.1. The van der Waals surface area contributed by atoms with Gasteiger partial charge in [0.2, 0.25) is 0 Å². The van der Waals surface area contributed by atoms with Crippen LogP contribution in [0.2, 0.25) is 5.02 Å². The molecule has 1 saturated heterocycles. The van der Waals surface area contributed by atoms with E-state index in [9.17, 15) is 9.59 Å². The number of anilines is 2. The summed E-state index contributed by atoms with van der Waals surface area (Å²) in [5.74, 6) is -0.615. The van der Waals surface area contributed by atoms with E-state index in [0.29, 0.717) is 16.4 Å². The molecule has 2 aliphatic heterocycles. The highest BCUT2D eigenvalue weighted by atomic mass is 35.5. The minimum absolute atomic E-state index is 0.294. The molecule has 2 amide bonds. The van der Waals surface area contributed by atoms with Gasteiger partial charge in [-0.2, -0.15) is 5.11 Å². The molecule has 0 saturated carbocycles. The summed E-state index contributed by atoms with van der Waals surface area (Å²) in [5, 5.41) is 10.2. The fourth-order valence-corrected chi connectivity index (χ4v) is 4.04. The first-order valence-electron chi connectivity index (χ1n) is 8.59. The summed E-state index contributed by atoms with van der Waals surface area (Å²) in [4.78, 5) is 27.2. The van der Waals surface area contributed by atoms with Crippen molar-refractivity contribution in [3.05, 3.63) is 58.6 Å². The van der Waals surface area contributed by atoms with Crippen molar-refractivity contribution in [3.63, 3.8) is 0 Å². The van der Waals surface area contributed by atoms with Crippen molar-refractivity contribution >= 4 is 34.8 Å². The summed E-state index contributed by atoms with van der Waals surface area (Å²) >= 11 is 5.93. The zero-order valence-electron chi connectivity index (χ0n) is 13.8. The van der Waals surface area contributed by atoms with Crippen LogP contribution in [0, 0.1) is 0 Å². The Morgan fingerprint density at radius 2 is 1.65 bits per heavy atom. The molecule has 2 heterocycles. The topological polar surface area (TPSA) is 65.3 Å². The van der Waals surface area contributed by atoms with Gasteiger partial charge in [0.05, 0.1) is 11.4 Å². The molecule has 1 aliphatic carbocycles. The molecule has 7 heteroatoms. The van der Waals surface area contributed by atoms with Crippen molar-refractivity contribution in [3.8, 4) is 0 Å². The number of rotatable bonds is 2. The molecule has 26 heavy (non-hydrogen) atoms. The van der Waals surface area contributed by atoms with Gasteiger partial charge in [-0.1, -0.05) is 22.9 Å². The third-order valence-corrected chi connectivity index (χ3v) is 5.47. The number of carbonyl (C=O) groups is 2. The SMILES string of the molecule is O=C1[C@H]2N=NN(c3ccc(Cl)cc3)[C@H]2C(=O)N1c1ccc2c(c1)CCC2. The molecule has 0 bridgehead atoms. The Hall–Kier alpha value is -2.73. The lowest BCUT2D eigenvalue weighted by molar-refractivity contribution is -0.121. The molecule has 0 unspecified atom stereocenters. The molecule has 2 aromatic rings. The van der Waals surface area contributed by atoms with Crippen LogP contribution in [0.3, 0.4) is 0 Å². The highest BCUT2D eigenvalue weighted by Gasteiger charge is 2.55. The molecule has 0 spiro atoms. The van der Waals surface area contributed by atoms with Gasteiger partial charge in [0.25, 0.3) is 11.8 Å². The Labute approximate surface area is 155 Å². The fourth-order valence-electron chi connectivity index (χ4n) is 3.92. The number of halogens is 1. The standard InChI is InChI=1S/C19H15ClN4O2/c20-13-5-8-14(9-6-13)24-17-16(21-22-24)18(25)23(19(17)26)15-7-4-11-2-1-3-12(11)10-15/h4-10,16-17H,1-3H2/t16-,17+/m0/s1. The molecule has 5 rings (SSSR count). The minimum atomic E-state index is -0.800. The third kappa shape index (κ3) is 2.18. The molecule has 0 radical (unpaired) electrons. The number of hydrogen-bond acceptors (Lipinski definition) is 5. The maximum Gasteiger partial charge on any atom is 0.263 e. The van der Waals surface area contributed by atoms with Crippen molar-refractivity contribution in [1.82, 2.24) is 0 Å². The van der Waals surface area contributed by atoms with E-state index in [1.54, 1.807) is 24.3 Å². The Kier molecular flexibility index (Phi) is 3.37. The van der Waals surface area contributed by atoms with Gasteiger partial charge in [-0.25, -0.2) is 9.91 Å². The number of fused-ring (bicyclic) bond motifs is 2. The van der Waals surface area contributed by atoms with E-state index < -0.39 is 12.1 Å². The van der Waals surface area contributed by atoms with E-state index >= 15 is 0 Å². The van der Waals surface area contributed by atoms with Crippen LogP contribution in [-0.4, -0.2) is 23.9 Å². The summed E-state index contributed by atoms with van der Waals surface area (Å²) in [5.41, 5.74) is 3.83. The summed E-state index contributed by atoms with van der Waals surface area (Å²) in [6, 6.07) is 11.3. The van der Waals surface area contributed by atoms with Gasteiger partial charge in [0.15, 0.2) is 12.1 Å². The first kappa shape index (κ1) is 15.5. The molecule has 0 N–H and O–H groups in total. The van der Waals surface area contributed by atoms with Crippen LogP contribution in [0.15, 0.2) is 52.8 Å². The number of imide groups is 1. The van der Waals surface area contributed by atoms with Crippen LogP contribution in [0.5, 0.6) is 0 Å². The van der Waals surface area contributed by atoms with Crippen LogP contribution < -0.4 is 9.91 Å². The molecule has 0 aromatic heterocycles. The molecule has 2 aromatic carbocycles. The first-order chi connectivity index (χ1) is 12.6. The number of benzene rings is 2. The van der Waals surface area contributed by atoms with E-state index in [2.05, 4.69) is 10.3 Å². The van der Waals surface area contributed by atoms with Gasteiger partial charge >= 0.3 is 0 Å². The van der Waals surface area contributed by atoms with E-state index in [1.165, 1.54) is 21.0 Å². The van der Waals surface area contributed by atoms with Crippen LogP contribution >= 0.6 is 11.6 Å². The van der Waals surface area contributed by atoms with Crippen LogP contribution in [0.1, 0.15) is 17.5 Å². The minimum Gasteiger partial charge on any atom is -0.271 e. The molecule has 3 aliphatic rings. The third-order valence-electron chi connectivity index (χ3n) is 5.21. The average Bonchev–Trinajstić information content (AvgIpc) is 3.33. The van der Waals surface area contributed by atoms with Crippen LogP contribution in [0.4, 0.5) is 11.4 Å². The maximum atomic E-state index is 13.1. The summed E-state index contributed by atoms with van der Waals surface area (Å²) in [6.45, 7) is 0. The smallest absolute Gasteiger partial charge is 0.263 e. The van der Waals surface area contributed by atoms with Gasteiger partial charge in [-0.15, -0.1) is 0 Å². The molecule has 130 valence electrons. The highest BCUT2D eigenvalue weighted by Crippen LogP contribution is 2.36. The van der Waals surface area contributed by atoms with Gasteiger partial charge in [0, 0.05) is 5.02 Å². The van der Waals surface area contributed by atoms with E-state index in [-0.39, 0.29) is 11.8 Å². The zero-order chi connectivity index (χ0) is 17.8. The Balaban J connectivity index is 1.50. The highest BCUT2D eigenvalue weighted by molar-refractivity contribution is 6.30. The normalized spacial score (nSPS) is 23.7. The second-order valence-corrected chi connectivity index (χ2v) is 7.17. The second-order valence-electron chi connectivity index (χ2n) is 6.73. The second kappa shape index (κ2) is 5.64. The molecular formula is C19H15ClN4O2. The first-order valence-corrected chi connectivity index (χ1v) is 8.96. The lowest BCUT2D eigenvalue weighted by Gasteiger charge is -2.21. The van der Waals surface area contributed by atoms with E-state index in [4.69, 9.17) is 11.6 Å². The van der Waals surface area contributed by atoms with Crippen LogP contribution in [0.25, 0.3) is 0 Å².